The van der Waals surface area contributed by atoms with Crippen LogP contribution in [0.5, 0.6) is 0 Å². The third-order valence-electron chi connectivity index (χ3n) is 4.97. The Bertz CT molecular complexity index is 1150. The molecular weight excluding hydrogens is 396 g/mol. The Morgan fingerprint density at radius 2 is 1.71 bits per heavy atom. The number of carbonyl (C=O) groups excluding carboxylic acids is 1. The van der Waals surface area contributed by atoms with Gasteiger partial charge in [-0.3, -0.25) is 4.79 Å². The number of benzene rings is 3. The molecule has 0 aliphatic carbocycles. The van der Waals surface area contributed by atoms with E-state index in [1.807, 2.05) is 24.3 Å². The molecule has 5 nitrogen and oxygen atoms in total. The van der Waals surface area contributed by atoms with Crippen LogP contribution in [0.15, 0.2) is 71.6 Å². The van der Waals surface area contributed by atoms with Crippen molar-refractivity contribution in [1.29, 1.82) is 0 Å². The highest BCUT2D eigenvalue weighted by Gasteiger charge is 2.39. The topological polar surface area (TPSA) is 66.5 Å². The summed E-state index contributed by atoms with van der Waals surface area (Å²) in [6, 6.07) is 18.8. The van der Waals surface area contributed by atoms with E-state index < -0.39 is 16.1 Å². The zero-order valence-corrected chi connectivity index (χ0v) is 16.6. The Balaban J connectivity index is 1.62. The van der Waals surface area contributed by atoms with E-state index in [0.29, 0.717) is 30.1 Å². The normalized spacial score (nSPS) is 17.7. The molecule has 4 rings (SSSR count). The van der Waals surface area contributed by atoms with Crippen molar-refractivity contribution in [3.63, 3.8) is 0 Å². The first kappa shape index (κ1) is 18.9. The van der Waals surface area contributed by atoms with E-state index in [-0.39, 0.29) is 10.8 Å². The van der Waals surface area contributed by atoms with Gasteiger partial charge < -0.3 is 5.32 Å². The number of amides is 1. The van der Waals surface area contributed by atoms with Crippen LogP contribution >= 0.6 is 11.6 Å². The first-order valence-electron chi connectivity index (χ1n) is 9.03. The summed E-state index contributed by atoms with van der Waals surface area (Å²) in [5.74, 6) is -0.366. The van der Waals surface area contributed by atoms with Gasteiger partial charge in [0.2, 0.25) is 15.9 Å². The number of fused-ring (bicyclic) bond motifs is 1. The highest BCUT2D eigenvalue weighted by atomic mass is 35.5. The van der Waals surface area contributed by atoms with Gasteiger partial charge >= 0.3 is 0 Å². The maximum Gasteiger partial charge on any atom is 0.243 e. The number of nitrogens with zero attached hydrogens (tertiary/aromatic N) is 1. The molecule has 1 fully saturated rings. The molecule has 1 heterocycles. The molecule has 0 saturated carbocycles. The second kappa shape index (κ2) is 7.54. The number of para-hydroxylation sites is 1. The molecule has 28 heavy (non-hydrogen) atoms. The number of carbonyl (C=O) groups is 1. The number of sulfonamides is 1. The Kier molecular flexibility index (Phi) is 5.10. The van der Waals surface area contributed by atoms with Crippen LogP contribution in [0, 0.1) is 0 Å². The Morgan fingerprint density at radius 3 is 2.50 bits per heavy atom. The molecule has 1 aliphatic heterocycles. The van der Waals surface area contributed by atoms with Crippen LogP contribution in [0.25, 0.3) is 10.8 Å². The molecule has 1 N–H and O–H groups in total. The second-order valence-corrected chi connectivity index (χ2v) is 9.05. The molecular formula is C21H19ClN2O3S. The molecule has 7 heteroatoms. The Morgan fingerprint density at radius 1 is 1.00 bits per heavy atom. The molecule has 3 aromatic carbocycles. The lowest BCUT2D eigenvalue weighted by Crippen LogP contribution is -2.43. The van der Waals surface area contributed by atoms with Crippen LogP contribution in [-0.4, -0.2) is 31.2 Å². The van der Waals surface area contributed by atoms with Crippen molar-refractivity contribution < 1.29 is 13.2 Å². The van der Waals surface area contributed by atoms with Crippen molar-refractivity contribution in [3.8, 4) is 0 Å². The lowest BCUT2D eigenvalue weighted by molar-refractivity contribution is -0.119. The molecule has 0 bridgehead atoms. The van der Waals surface area contributed by atoms with E-state index in [2.05, 4.69) is 5.32 Å². The number of anilines is 1. The molecule has 1 aliphatic rings. The Labute approximate surface area is 169 Å². The Hall–Kier alpha value is -2.41. The second-order valence-electron chi connectivity index (χ2n) is 6.75. The number of hydrogen-bond donors (Lipinski definition) is 1. The molecule has 0 spiro atoms. The quantitative estimate of drug-likeness (QED) is 0.692. The van der Waals surface area contributed by atoms with Crippen LogP contribution in [0.2, 0.25) is 5.02 Å². The van der Waals surface area contributed by atoms with Crippen LogP contribution in [-0.2, 0) is 14.8 Å². The van der Waals surface area contributed by atoms with E-state index in [1.165, 1.54) is 4.31 Å². The molecule has 0 radical (unpaired) electrons. The van der Waals surface area contributed by atoms with Gasteiger partial charge in [0, 0.05) is 6.54 Å². The van der Waals surface area contributed by atoms with E-state index in [1.54, 1.807) is 42.5 Å². The average Bonchev–Trinajstić information content (AvgIpc) is 3.20. The first-order valence-corrected chi connectivity index (χ1v) is 10.8. The average molecular weight is 415 g/mol. The van der Waals surface area contributed by atoms with Crippen LogP contribution in [0.1, 0.15) is 12.8 Å². The minimum absolute atomic E-state index is 0.198. The lowest BCUT2D eigenvalue weighted by atomic mass is 10.1. The summed E-state index contributed by atoms with van der Waals surface area (Å²) < 4.78 is 27.8. The minimum atomic E-state index is -3.79. The van der Waals surface area contributed by atoms with Crippen molar-refractivity contribution in [2.24, 2.45) is 0 Å². The van der Waals surface area contributed by atoms with Gasteiger partial charge in [0.05, 0.1) is 15.6 Å². The maximum absolute atomic E-state index is 13.2. The summed E-state index contributed by atoms with van der Waals surface area (Å²) in [5, 5.41) is 4.99. The molecule has 1 atom stereocenters. The van der Waals surface area contributed by atoms with Crippen LogP contribution in [0.4, 0.5) is 5.69 Å². The predicted molar refractivity (Wildman–Crippen MR) is 111 cm³/mol. The van der Waals surface area contributed by atoms with E-state index in [0.717, 1.165) is 10.8 Å². The van der Waals surface area contributed by atoms with Crippen LogP contribution < -0.4 is 5.32 Å². The van der Waals surface area contributed by atoms with Crippen molar-refractivity contribution in [2.45, 2.75) is 23.8 Å². The third kappa shape index (κ3) is 3.51. The third-order valence-corrected chi connectivity index (χ3v) is 7.20. The fourth-order valence-corrected chi connectivity index (χ4v) is 5.41. The SMILES string of the molecule is O=C(Nc1ccccc1Cl)[C@@H]1CCCN1S(=O)(=O)c1ccc2ccccc2c1. The highest BCUT2D eigenvalue weighted by Crippen LogP contribution is 2.29. The van der Waals surface area contributed by atoms with Gasteiger partial charge in [0.15, 0.2) is 0 Å². The summed E-state index contributed by atoms with van der Waals surface area (Å²) in [6.45, 7) is 0.315. The fourth-order valence-electron chi connectivity index (χ4n) is 3.53. The van der Waals surface area contributed by atoms with Gasteiger partial charge in [-0.15, -0.1) is 0 Å². The largest absolute Gasteiger partial charge is 0.323 e. The summed E-state index contributed by atoms with van der Waals surface area (Å²) in [5.41, 5.74) is 0.476. The molecule has 0 aromatic heterocycles. The van der Waals surface area contributed by atoms with Crippen LogP contribution in [0.3, 0.4) is 0 Å². The predicted octanol–water partition coefficient (Wildman–Crippen LogP) is 4.29. The van der Waals surface area contributed by atoms with Crippen molar-refractivity contribution >= 4 is 44.0 Å². The lowest BCUT2D eigenvalue weighted by Gasteiger charge is -2.23. The molecule has 144 valence electrons. The van der Waals surface area contributed by atoms with Gasteiger partial charge in [-0.1, -0.05) is 54.1 Å². The molecule has 1 amide bonds. The highest BCUT2D eigenvalue weighted by molar-refractivity contribution is 7.89. The van der Waals surface area contributed by atoms with Gasteiger partial charge in [0.25, 0.3) is 0 Å². The smallest absolute Gasteiger partial charge is 0.243 e. The van der Waals surface area contributed by atoms with Crippen molar-refractivity contribution in [2.75, 3.05) is 11.9 Å². The number of rotatable bonds is 4. The zero-order chi connectivity index (χ0) is 19.7. The van der Waals surface area contributed by atoms with E-state index >= 15 is 0 Å². The van der Waals surface area contributed by atoms with Gasteiger partial charge in [-0.05, 0) is 47.9 Å². The van der Waals surface area contributed by atoms with Crippen molar-refractivity contribution in [3.05, 3.63) is 71.8 Å². The number of halogens is 1. The van der Waals surface area contributed by atoms with Crippen molar-refractivity contribution in [1.82, 2.24) is 4.31 Å². The molecule has 3 aromatic rings. The van der Waals surface area contributed by atoms with E-state index in [9.17, 15) is 13.2 Å². The summed E-state index contributed by atoms with van der Waals surface area (Å²) in [4.78, 5) is 13.0. The fraction of sp³-hybridized carbons (Fsp3) is 0.190. The maximum atomic E-state index is 13.2. The summed E-state index contributed by atoms with van der Waals surface area (Å²) in [7, 11) is -3.79. The minimum Gasteiger partial charge on any atom is -0.323 e. The number of hydrogen-bond acceptors (Lipinski definition) is 3. The zero-order valence-electron chi connectivity index (χ0n) is 15.0. The van der Waals surface area contributed by atoms with Gasteiger partial charge in [-0.2, -0.15) is 4.31 Å². The number of nitrogens with one attached hydrogen (secondary N) is 1. The van der Waals surface area contributed by atoms with E-state index in [4.69, 9.17) is 11.6 Å². The summed E-state index contributed by atoms with van der Waals surface area (Å²) >= 11 is 6.11. The summed E-state index contributed by atoms with van der Waals surface area (Å²) in [6.07, 6.45) is 1.11. The monoisotopic (exact) mass is 414 g/mol. The molecule has 0 unspecified atom stereocenters. The first-order chi connectivity index (χ1) is 13.5. The van der Waals surface area contributed by atoms with Gasteiger partial charge in [0.1, 0.15) is 6.04 Å². The molecule has 1 saturated heterocycles. The van der Waals surface area contributed by atoms with Gasteiger partial charge in [-0.25, -0.2) is 8.42 Å². The standard InChI is InChI=1S/C21H19ClN2O3S/c22-18-8-3-4-9-19(18)23-21(25)20-10-5-13-24(20)28(26,27)17-12-11-15-6-1-2-7-16(15)14-17/h1-4,6-9,11-12,14,20H,5,10,13H2,(H,23,25)/t20-/m0/s1.